The lowest BCUT2D eigenvalue weighted by molar-refractivity contribution is 0.683. The van der Waals surface area contributed by atoms with Gasteiger partial charge >= 0.3 is 0 Å². The smallest absolute Gasteiger partial charge is 0.224 e. The number of anilines is 3. The van der Waals surface area contributed by atoms with E-state index in [-0.39, 0.29) is 0 Å². The quantitative estimate of drug-likeness (QED) is 0.929. The predicted octanol–water partition coefficient (Wildman–Crippen LogP) is 3.63. The van der Waals surface area contributed by atoms with Crippen molar-refractivity contribution in [2.45, 2.75) is 33.2 Å². The van der Waals surface area contributed by atoms with Crippen LogP contribution in [0.15, 0.2) is 36.5 Å². The van der Waals surface area contributed by atoms with Crippen LogP contribution in [0.5, 0.6) is 0 Å². The Bertz CT molecular complexity index is 624. The Morgan fingerprint density at radius 2 is 2.10 bits per heavy atom. The van der Waals surface area contributed by atoms with Crippen molar-refractivity contribution >= 4 is 17.5 Å². The Hall–Kier alpha value is -2.10. The Kier molecular flexibility index (Phi) is 3.78. The Morgan fingerprint density at radius 1 is 1.29 bits per heavy atom. The van der Waals surface area contributed by atoms with Crippen molar-refractivity contribution < 1.29 is 0 Å². The maximum atomic E-state index is 4.68. The largest absolute Gasteiger partial charge is 0.354 e. The van der Waals surface area contributed by atoms with Crippen molar-refractivity contribution in [3.05, 3.63) is 42.1 Å². The van der Waals surface area contributed by atoms with Gasteiger partial charge in [-0.1, -0.05) is 32.0 Å². The first kappa shape index (κ1) is 13.9. The first-order chi connectivity index (χ1) is 10.1. The zero-order valence-corrected chi connectivity index (χ0v) is 12.9. The van der Waals surface area contributed by atoms with Gasteiger partial charge in [0, 0.05) is 24.5 Å². The zero-order valence-electron chi connectivity index (χ0n) is 12.9. The van der Waals surface area contributed by atoms with Crippen LogP contribution >= 0.6 is 0 Å². The Balaban J connectivity index is 1.88. The van der Waals surface area contributed by atoms with Gasteiger partial charge in [-0.15, -0.1) is 0 Å². The molecule has 2 aromatic rings. The lowest BCUT2D eigenvalue weighted by Gasteiger charge is -2.24. The lowest BCUT2D eigenvalue weighted by Crippen LogP contribution is -2.25. The number of nitrogens with zero attached hydrogens (tertiary/aromatic N) is 3. The van der Waals surface area contributed by atoms with Gasteiger partial charge in [-0.2, -0.15) is 4.98 Å². The standard InChI is InChI=1S/C17H22N4/c1-12(2)11-19-17-18-9-8-16(20-17)21-13(3)10-14-6-4-5-7-15(14)21/h4-9,12-13H,10-11H2,1-3H3,(H,18,19,20). The van der Waals surface area contributed by atoms with Gasteiger partial charge < -0.3 is 10.2 Å². The molecular formula is C17H22N4. The van der Waals surface area contributed by atoms with Crippen molar-refractivity contribution in [1.29, 1.82) is 0 Å². The second-order valence-electron chi connectivity index (χ2n) is 6.07. The number of aromatic nitrogens is 2. The molecule has 1 unspecified atom stereocenters. The summed E-state index contributed by atoms with van der Waals surface area (Å²) in [5.41, 5.74) is 2.65. The lowest BCUT2D eigenvalue weighted by atomic mass is 10.1. The third kappa shape index (κ3) is 2.84. The molecule has 0 spiro atoms. The summed E-state index contributed by atoms with van der Waals surface area (Å²) in [5.74, 6) is 2.25. The molecule has 0 amide bonds. The summed E-state index contributed by atoms with van der Waals surface area (Å²) in [4.78, 5) is 11.3. The highest BCUT2D eigenvalue weighted by Gasteiger charge is 2.27. The minimum Gasteiger partial charge on any atom is -0.354 e. The van der Waals surface area contributed by atoms with Crippen LogP contribution < -0.4 is 10.2 Å². The number of fused-ring (bicyclic) bond motifs is 1. The fourth-order valence-electron chi connectivity index (χ4n) is 2.78. The van der Waals surface area contributed by atoms with E-state index in [0.29, 0.717) is 17.9 Å². The molecular weight excluding hydrogens is 260 g/mol. The van der Waals surface area contributed by atoms with E-state index < -0.39 is 0 Å². The van der Waals surface area contributed by atoms with Crippen LogP contribution in [0.2, 0.25) is 0 Å². The molecule has 4 nitrogen and oxygen atoms in total. The number of hydrogen-bond acceptors (Lipinski definition) is 4. The predicted molar refractivity (Wildman–Crippen MR) is 87.1 cm³/mol. The van der Waals surface area contributed by atoms with Crippen molar-refractivity contribution in [2.24, 2.45) is 5.92 Å². The summed E-state index contributed by atoms with van der Waals surface area (Å²) in [6.07, 6.45) is 2.90. The number of para-hydroxylation sites is 1. The van der Waals surface area contributed by atoms with Gasteiger partial charge in [-0.25, -0.2) is 4.98 Å². The first-order valence-electron chi connectivity index (χ1n) is 7.59. The molecule has 1 aliphatic heterocycles. The third-order valence-electron chi connectivity index (χ3n) is 3.76. The van der Waals surface area contributed by atoms with Gasteiger partial charge in [0.1, 0.15) is 5.82 Å². The van der Waals surface area contributed by atoms with Crippen LogP contribution in [-0.4, -0.2) is 22.6 Å². The van der Waals surface area contributed by atoms with Crippen molar-refractivity contribution in [1.82, 2.24) is 9.97 Å². The molecule has 1 atom stereocenters. The summed E-state index contributed by atoms with van der Waals surface area (Å²) >= 11 is 0. The van der Waals surface area contributed by atoms with E-state index in [9.17, 15) is 0 Å². The number of rotatable bonds is 4. The summed E-state index contributed by atoms with van der Waals surface area (Å²) in [7, 11) is 0. The number of benzene rings is 1. The van der Waals surface area contributed by atoms with Gasteiger partial charge in [0.2, 0.25) is 5.95 Å². The van der Waals surface area contributed by atoms with Crippen molar-refractivity contribution in [2.75, 3.05) is 16.8 Å². The number of nitrogens with one attached hydrogen (secondary N) is 1. The van der Waals surface area contributed by atoms with Gasteiger partial charge in [-0.3, -0.25) is 0 Å². The zero-order chi connectivity index (χ0) is 14.8. The first-order valence-corrected chi connectivity index (χ1v) is 7.59. The van der Waals surface area contributed by atoms with Crippen LogP contribution in [0.25, 0.3) is 0 Å². The van der Waals surface area contributed by atoms with E-state index in [1.165, 1.54) is 11.3 Å². The number of hydrogen-bond donors (Lipinski definition) is 1. The van der Waals surface area contributed by atoms with Crippen LogP contribution in [-0.2, 0) is 6.42 Å². The summed E-state index contributed by atoms with van der Waals surface area (Å²) in [6.45, 7) is 7.48. The molecule has 21 heavy (non-hydrogen) atoms. The fraction of sp³-hybridized carbons (Fsp3) is 0.412. The molecule has 110 valence electrons. The van der Waals surface area contributed by atoms with Crippen LogP contribution in [0.3, 0.4) is 0 Å². The molecule has 0 saturated heterocycles. The van der Waals surface area contributed by atoms with Gasteiger partial charge in [0.25, 0.3) is 0 Å². The molecule has 1 aliphatic rings. The molecule has 0 saturated carbocycles. The van der Waals surface area contributed by atoms with E-state index in [2.05, 4.69) is 65.2 Å². The average Bonchev–Trinajstić information content (AvgIpc) is 2.81. The highest BCUT2D eigenvalue weighted by molar-refractivity contribution is 5.69. The highest BCUT2D eigenvalue weighted by Crippen LogP contribution is 2.37. The molecule has 1 aromatic carbocycles. The monoisotopic (exact) mass is 282 g/mol. The average molecular weight is 282 g/mol. The molecule has 1 N–H and O–H groups in total. The summed E-state index contributed by atoms with van der Waals surface area (Å²) in [6, 6.07) is 11.0. The molecule has 0 fully saturated rings. The normalized spacial score (nSPS) is 17.1. The molecule has 4 heteroatoms. The highest BCUT2D eigenvalue weighted by atomic mass is 15.3. The SMILES string of the molecule is CC(C)CNc1nccc(N2c3ccccc3CC2C)n1. The molecule has 0 aliphatic carbocycles. The second kappa shape index (κ2) is 5.72. The van der Waals surface area contributed by atoms with Crippen LogP contribution in [0.4, 0.5) is 17.5 Å². The molecule has 1 aromatic heterocycles. The fourth-order valence-corrected chi connectivity index (χ4v) is 2.78. The second-order valence-corrected chi connectivity index (χ2v) is 6.07. The van der Waals surface area contributed by atoms with Crippen LogP contribution in [0, 0.1) is 5.92 Å². The van der Waals surface area contributed by atoms with Gasteiger partial charge in [-0.05, 0) is 37.0 Å². The summed E-state index contributed by atoms with van der Waals surface area (Å²) < 4.78 is 0. The van der Waals surface area contributed by atoms with E-state index in [4.69, 9.17) is 0 Å². The van der Waals surface area contributed by atoms with Crippen molar-refractivity contribution in [3.63, 3.8) is 0 Å². The molecule has 0 bridgehead atoms. The molecule has 0 radical (unpaired) electrons. The minimum atomic E-state index is 0.426. The third-order valence-corrected chi connectivity index (χ3v) is 3.76. The van der Waals surface area contributed by atoms with Crippen molar-refractivity contribution in [3.8, 4) is 0 Å². The Morgan fingerprint density at radius 3 is 2.90 bits per heavy atom. The maximum Gasteiger partial charge on any atom is 0.224 e. The molecule has 2 heterocycles. The topological polar surface area (TPSA) is 41.1 Å². The summed E-state index contributed by atoms with van der Waals surface area (Å²) in [5, 5.41) is 3.30. The Labute approximate surface area is 126 Å². The maximum absolute atomic E-state index is 4.68. The minimum absolute atomic E-state index is 0.426. The van der Waals surface area contributed by atoms with Gasteiger partial charge in [0.05, 0.1) is 0 Å². The van der Waals surface area contributed by atoms with E-state index in [0.717, 1.165) is 18.8 Å². The van der Waals surface area contributed by atoms with E-state index >= 15 is 0 Å². The van der Waals surface area contributed by atoms with E-state index in [1.807, 2.05) is 12.3 Å². The van der Waals surface area contributed by atoms with Crippen LogP contribution in [0.1, 0.15) is 26.3 Å². The van der Waals surface area contributed by atoms with E-state index in [1.54, 1.807) is 0 Å². The molecule has 3 rings (SSSR count). The van der Waals surface area contributed by atoms with Gasteiger partial charge in [0.15, 0.2) is 0 Å².